The number of aryl methyl sites for hydroxylation is 1. The third-order valence-corrected chi connectivity index (χ3v) is 9.44. The van der Waals surface area contributed by atoms with Crippen molar-refractivity contribution in [2.24, 2.45) is 0 Å². The number of carbonyl (C=O) groups excluding carboxylic acids is 1. The van der Waals surface area contributed by atoms with Crippen molar-refractivity contribution in [2.75, 3.05) is 50.0 Å². The molecule has 2 aliphatic heterocycles. The number of nitrogens with two attached hydrogens (primary N) is 1. The monoisotopic (exact) mass is 652 g/mol. The van der Waals surface area contributed by atoms with Crippen LogP contribution in [0, 0.1) is 12.7 Å². The van der Waals surface area contributed by atoms with E-state index in [9.17, 15) is 9.18 Å². The van der Waals surface area contributed by atoms with Gasteiger partial charge < -0.3 is 20.3 Å². The van der Waals surface area contributed by atoms with Crippen molar-refractivity contribution in [1.29, 1.82) is 0 Å². The second-order valence-corrected chi connectivity index (χ2v) is 13.2. The van der Waals surface area contributed by atoms with Crippen LogP contribution in [-0.4, -0.2) is 93.0 Å². The maximum Gasteiger partial charge on any atom is 0.319 e. The van der Waals surface area contributed by atoms with Gasteiger partial charge in [0.1, 0.15) is 23.6 Å². The van der Waals surface area contributed by atoms with Crippen molar-refractivity contribution in [3.63, 3.8) is 0 Å². The average molecular weight is 653 g/mol. The molecule has 0 bridgehead atoms. The van der Waals surface area contributed by atoms with Crippen molar-refractivity contribution in [3.05, 3.63) is 47.3 Å². The number of nitrogens with one attached hydrogen (secondary N) is 1. The summed E-state index contributed by atoms with van der Waals surface area (Å²) in [5.41, 5.74) is 7.10. The summed E-state index contributed by atoms with van der Waals surface area (Å²) in [5.74, 6) is -0.116. The first-order valence-electron chi connectivity index (χ1n) is 15.6. The third kappa shape index (κ3) is 5.84. The average Bonchev–Trinajstić information content (AvgIpc) is 3.38. The molecular weight excluding hydrogens is 614 g/mol. The number of hydrogen-bond donors (Lipinski definition) is 2. The summed E-state index contributed by atoms with van der Waals surface area (Å²) in [6.07, 6.45) is 2.61. The minimum Gasteiger partial charge on any atom is -0.462 e. The fourth-order valence-corrected chi connectivity index (χ4v) is 7.12. The molecular formula is C33H39ClF2N8O2. The first-order valence-corrected chi connectivity index (χ1v) is 15.9. The number of piperidine rings is 1. The number of H-pyrrole nitrogens is 1. The van der Waals surface area contributed by atoms with Crippen LogP contribution in [0.25, 0.3) is 32.9 Å². The van der Waals surface area contributed by atoms with E-state index < -0.39 is 11.5 Å². The number of likely N-dealkylation sites (tertiary alicyclic amines) is 1. The van der Waals surface area contributed by atoms with E-state index in [2.05, 4.69) is 21.8 Å². The Labute approximate surface area is 271 Å². The van der Waals surface area contributed by atoms with Crippen LogP contribution in [0.1, 0.15) is 39.2 Å². The first kappa shape index (κ1) is 31.9. The number of hydrogen-bond acceptors (Lipinski definition) is 8. The van der Waals surface area contributed by atoms with Crippen molar-refractivity contribution in [2.45, 2.75) is 58.3 Å². The Balaban J connectivity index is 1.45. The molecule has 0 saturated carbocycles. The SMILES string of the molecule is C=CC(=O)N1C[C@H](C)N(c2nc(OCCN3CCCC(C)(F)C3)nc3c(F)c(-c4c(C)ccc5[nH]nc(N)c45)c(Cl)cc23)C[C@H]1C. The van der Waals surface area contributed by atoms with Gasteiger partial charge in [-0.25, -0.2) is 8.78 Å². The number of alkyl halides is 1. The van der Waals surface area contributed by atoms with Gasteiger partial charge in [0.2, 0.25) is 5.91 Å². The number of benzene rings is 2. The fourth-order valence-electron chi connectivity index (χ4n) is 6.84. The number of amides is 1. The Morgan fingerprint density at radius 1 is 1.26 bits per heavy atom. The normalized spacial score (nSPS) is 22.5. The molecule has 2 fully saturated rings. The minimum atomic E-state index is -1.25. The summed E-state index contributed by atoms with van der Waals surface area (Å²) >= 11 is 6.91. The van der Waals surface area contributed by atoms with Crippen LogP contribution < -0.4 is 15.4 Å². The molecule has 2 aromatic heterocycles. The fraction of sp³-hybridized carbons (Fsp3) is 0.455. The highest BCUT2D eigenvalue weighted by atomic mass is 35.5. The number of ether oxygens (including phenoxy) is 1. The molecule has 2 aliphatic rings. The molecule has 13 heteroatoms. The number of aromatic nitrogens is 4. The number of nitrogen functional groups attached to an aromatic ring is 1. The van der Waals surface area contributed by atoms with Gasteiger partial charge in [-0.3, -0.25) is 14.8 Å². The summed E-state index contributed by atoms with van der Waals surface area (Å²) in [5, 5.41) is 8.16. The highest BCUT2D eigenvalue weighted by Gasteiger charge is 2.34. The lowest BCUT2D eigenvalue weighted by molar-refractivity contribution is -0.128. The molecule has 2 saturated heterocycles. The van der Waals surface area contributed by atoms with E-state index in [4.69, 9.17) is 27.1 Å². The maximum absolute atomic E-state index is 16.9. The Morgan fingerprint density at radius 2 is 2.04 bits per heavy atom. The second kappa shape index (κ2) is 12.3. The van der Waals surface area contributed by atoms with Crippen LogP contribution in [-0.2, 0) is 4.79 Å². The quantitative estimate of drug-likeness (QED) is 0.245. The minimum absolute atomic E-state index is 0.00287. The Morgan fingerprint density at radius 3 is 2.78 bits per heavy atom. The van der Waals surface area contributed by atoms with Gasteiger partial charge in [-0.1, -0.05) is 24.2 Å². The molecule has 4 heterocycles. The van der Waals surface area contributed by atoms with Crippen molar-refractivity contribution in [3.8, 4) is 17.1 Å². The van der Waals surface area contributed by atoms with Gasteiger partial charge in [0.15, 0.2) is 11.6 Å². The molecule has 6 rings (SSSR count). The van der Waals surface area contributed by atoms with Crippen molar-refractivity contribution in [1.82, 2.24) is 30.0 Å². The standard InChI is InChI=1S/C33H39ClF2N8O2/c1-6-24(45)43-15-20(4)44(16-19(43)3)31-21-14-22(34)26(25-18(2)8-9-23-27(25)30(37)41-40-23)28(35)29(21)38-32(39-31)46-13-12-42-11-7-10-33(5,36)17-42/h6,8-9,14,19-20H,1,7,10-13,15-17H2,2-5H3,(H3,37,40,41)/t19-,20+,33?/m1/s1. The summed E-state index contributed by atoms with van der Waals surface area (Å²) in [6.45, 7) is 13.7. The molecule has 46 heavy (non-hydrogen) atoms. The highest BCUT2D eigenvalue weighted by Crippen LogP contribution is 2.44. The van der Waals surface area contributed by atoms with Gasteiger partial charge >= 0.3 is 6.01 Å². The first-order chi connectivity index (χ1) is 21.9. The number of anilines is 2. The van der Waals surface area contributed by atoms with Crippen LogP contribution in [0.3, 0.4) is 0 Å². The smallest absolute Gasteiger partial charge is 0.319 e. The summed E-state index contributed by atoms with van der Waals surface area (Å²) < 4.78 is 37.7. The van der Waals surface area contributed by atoms with Crippen LogP contribution in [0.5, 0.6) is 6.01 Å². The predicted octanol–water partition coefficient (Wildman–Crippen LogP) is 5.67. The highest BCUT2D eigenvalue weighted by molar-refractivity contribution is 6.35. The van der Waals surface area contributed by atoms with E-state index in [0.717, 1.165) is 18.5 Å². The zero-order valence-corrected chi connectivity index (χ0v) is 27.3. The third-order valence-electron chi connectivity index (χ3n) is 9.14. The lowest BCUT2D eigenvalue weighted by atomic mass is 9.94. The number of aromatic amines is 1. The Bertz CT molecular complexity index is 1830. The van der Waals surface area contributed by atoms with Crippen molar-refractivity contribution >= 4 is 50.9 Å². The molecule has 244 valence electrons. The Hall–Kier alpha value is -4.03. The predicted molar refractivity (Wildman–Crippen MR) is 178 cm³/mol. The maximum atomic E-state index is 16.9. The largest absolute Gasteiger partial charge is 0.462 e. The molecule has 0 spiro atoms. The van der Waals surface area contributed by atoms with Crippen molar-refractivity contribution < 1.29 is 18.3 Å². The number of piperazine rings is 1. The molecule has 4 aromatic rings. The topological polar surface area (TPSA) is 116 Å². The van der Waals surface area contributed by atoms with E-state index in [1.165, 1.54) is 6.08 Å². The number of carbonyl (C=O) groups is 1. The second-order valence-electron chi connectivity index (χ2n) is 12.7. The van der Waals surface area contributed by atoms with Gasteiger partial charge in [0.25, 0.3) is 0 Å². The van der Waals surface area contributed by atoms with Gasteiger partial charge in [-0.15, -0.1) is 0 Å². The van der Waals surface area contributed by atoms with Crippen LogP contribution in [0.2, 0.25) is 5.02 Å². The van der Waals surface area contributed by atoms with Crippen LogP contribution in [0.15, 0.2) is 30.9 Å². The Kier molecular flexibility index (Phi) is 8.53. The van der Waals surface area contributed by atoms with Gasteiger partial charge in [-0.2, -0.15) is 15.1 Å². The van der Waals surface area contributed by atoms with E-state index in [1.807, 2.05) is 42.7 Å². The van der Waals surface area contributed by atoms with E-state index in [1.54, 1.807) is 17.9 Å². The molecule has 2 aromatic carbocycles. The summed E-state index contributed by atoms with van der Waals surface area (Å²) in [6, 6.07) is 5.02. The summed E-state index contributed by atoms with van der Waals surface area (Å²) in [4.78, 5) is 27.7. The number of fused-ring (bicyclic) bond motifs is 2. The van der Waals surface area contributed by atoms with Crippen LogP contribution >= 0.6 is 11.6 Å². The van der Waals surface area contributed by atoms with E-state index >= 15 is 4.39 Å². The lowest BCUT2D eigenvalue weighted by Crippen LogP contribution is -2.58. The molecule has 0 radical (unpaired) electrons. The number of halogens is 3. The molecule has 10 nitrogen and oxygen atoms in total. The van der Waals surface area contributed by atoms with Gasteiger partial charge in [0, 0.05) is 54.8 Å². The lowest BCUT2D eigenvalue weighted by Gasteiger charge is -2.44. The van der Waals surface area contributed by atoms with Gasteiger partial charge in [-0.05, 0) is 70.9 Å². The molecule has 3 atom stereocenters. The molecule has 3 N–H and O–H groups in total. The molecule has 1 amide bonds. The number of nitrogens with zero attached hydrogens (tertiary/aromatic N) is 6. The summed E-state index contributed by atoms with van der Waals surface area (Å²) in [7, 11) is 0. The molecule has 1 unspecified atom stereocenters. The van der Waals surface area contributed by atoms with Crippen LogP contribution in [0.4, 0.5) is 20.4 Å². The zero-order valence-electron chi connectivity index (χ0n) is 26.5. The van der Waals surface area contributed by atoms with E-state index in [0.29, 0.717) is 60.3 Å². The zero-order chi connectivity index (χ0) is 32.9. The number of rotatable bonds is 7. The van der Waals surface area contributed by atoms with E-state index in [-0.39, 0.29) is 52.5 Å². The van der Waals surface area contributed by atoms with Gasteiger partial charge in [0.05, 0.1) is 15.9 Å². The molecule has 0 aliphatic carbocycles.